The summed E-state index contributed by atoms with van der Waals surface area (Å²) in [5.41, 5.74) is 3.06. The Kier molecular flexibility index (Phi) is 4.68. The summed E-state index contributed by atoms with van der Waals surface area (Å²) < 4.78 is 4.91. The van der Waals surface area contributed by atoms with Gasteiger partial charge < -0.3 is 14.5 Å². The molecule has 0 N–H and O–H groups in total. The summed E-state index contributed by atoms with van der Waals surface area (Å²) in [7, 11) is 1.59. The number of benzene rings is 2. The Morgan fingerprint density at radius 1 is 1.00 bits per heavy atom. The molecule has 0 unspecified atom stereocenters. The van der Waals surface area contributed by atoms with Gasteiger partial charge in [-0.15, -0.1) is 0 Å². The molecule has 0 bridgehead atoms. The molecular formula is C18H18N2O3. The Bertz CT molecular complexity index is 713. The number of carbonyl (C=O) groups is 1. The first kappa shape index (κ1) is 15.2. The first-order valence-electron chi connectivity index (χ1n) is 7.45. The van der Waals surface area contributed by atoms with Crippen LogP contribution in [0.5, 0.6) is 0 Å². The molecule has 5 nitrogen and oxygen atoms in total. The van der Waals surface area contributed by atoms with E-state index in [4.69, 9.17) is 9.57 Å². The van der Waals surface area contributed by atoms with E-state index in [0.29, 0.717) is 25.5 Å². The zero-order valence-corrected chi connectivity index (χ0v) is 12.9. The Hall–Kier alpha value is -2.66. The molecule has 118 valence electrons. The summed E-state index contributed by atoms with van der Waals surface area (Å²) in [6, 6.07) is 17.5. The lowest BCUT2D eigenvalue weighted by atomic mass is 10.1. The molecule has 1 aliphatic rings. The number of para-hydroxylation sites is 1. The minimum absolute atomic E-state index is 0.146. The number of amides is 1. The van der Waals surface area contributed by atoms with Gasteiger partial charge in [-0.2, -0.15) is 0 Å². The number of hydrogen-bond acceptors (Lipinski definition) is 4. The fourth-order valence-corrected chi connectivity index (χ4v) is 2.50. The Balaban J connectivity index is 1.86. The average Bonchev–Trinajstić information content (AvgIpc) is 2.85. The highest BCUT2D eigenvalue weighted by Gasteiger charge is 2.34. The van der Waals surface area contributed by atoms with Crippen LogP contribution in [0.4, 0.5) is 5.69 Å². The number of oxime groups is 1. The van der Waals surface area contributed by atoms with Crippen LogP contribution in [0.3, 0.4) is 0 Å². The van der Waals surface area contributed by atoms with E-state index in [1.54, 1.807) is 12.0 Å². The van der Waals surface area contributed by atoms with E-state index in [9.17, 15) is 4.79 Å². The minimum Gasteiger partial charge on any atom is -0.393 e. The normalized spacial score (nSPS) is 15.1. The van der Waals surface area contributed by atoms with Crippen molar-refractivity contribution < 1.29 is 14.4 Å². The van der Waals surface area contributed by atoms with Gasteiger partial charge in [-0.1, -0.05) is 53.7 Å². The lowest BCUT2D eigenvalue weighted by molar-refractivity contribution is -0.112. The van der Waals surface area contributed by atoms with Crippen LogP contribution in [0.1, 0.15) is 11.1 Å². The van der Waals surface area contributed by atoms with Crippen LogP contribution in [-0.2, 0) is 20.9 Å². The Morgan fingerprint density at radius 3 is 2.52 bits per heavy atom. The maximum atomic E-state index is 12.7. The maximum Gasteiger partial charge on any atom is 0.281 e. The lowest BCUT2D eigenvalue weighted by Crippen LogP contribution is -2.29. The molecule has 0 aliphatic carbocycles. The van der Waals surface area contributed by atoms with Crippen molar-refractivity contribution >= 4 is 17.3 Å². The number of rotatable bonds is 6. The van der Waals surface area contributed by atoms with Crippen molar-refractivity contribution in [3.05, 3.63) is 65.7 Å². The van der Waals surface area contributed by atoms with Gasteiger partial charge in [-0.05, 0) is 11.6 Å². The molecule has 1 aliphatic heterocycles. The highest BCUT2D eigenvalue weighted by molar-refractivity contribution is 6.54. The molecule has 5 heteroatoms. The highest BCUT2D eigenvalue weighted by Crippen LogP contribution is 2.30. The van der Waals surface area contributed by atoms with Crippen molar-refractivity contribution in [2.75, 3.05) is 25.2 Å². The molecule has 1 heterocycles. The lowest BCUT2D eigenvalue weighted by Gasteiger charge is -2.16. The molecular weight excluding hydrogens is 292 g/mol. The zero-order chi connectivity index (χ0) is 16.1. The summed E-state index contributed by atoms with van der Waals surface area (Å²) >= 11 is 0. The van der Waals surface area contributed by atoms with Gasteiger partial charge in [0.1, 0.15) is 6.61 Å². The Morgan fingerprint density at radius 2 is 1.74 bits per heavy atom. The third-order valence-electron chi connectivity index (χ3n) is 3.62. The van der Waals surface area contributed by atoms with Crippen molar-refractivity contribution in [2.45, 2.75) is 6.54 Å². The van der Waals surface area contributed by atoms with Crippen LogP contribution in [0.15, 0.2) is 59.8 Å². The van der Waals surface area contributed by atoms with Crippen molar-refractivity contribution in [1.29, 1.82) is 0 Å². The maximum absolute atomic E-state index is 12.7. The summed E-state index contributed by atoms with van der Waals surface area (Å²) in [6.07, 6.45) is 0. The molecule has 0 saturated heterocycles. The zero-order valence-electron chi connectivity index (χ0n) is 12.9. The third-order valence-corrected chi connectivity index (χ3v) is 3.62. The summed E-state index contributed by atoms with van der Waals surface area (Å²) in [6.45, 7) is 1.25. The number of carbonyl (C=O) groups excluding carboxylic acids is 1. The number of fused-ring (bicyclic) bond motifs is 1. The number of anilines is 1. The minimum atomic E-state index is -0.146. The van der Waals surface area contributed by atoms with Crippen LogP contribution in [0.2, 0.25) is 0 Å². The number of nitrogens with zero attached hydrogens (tertiary/aromatic N) is 2. The molecule has 2 aromatic rings. The van der Waals surface area contributed by atoms with Gasteiger partial charge in [-0.25, -0.2) is 0 Å². The first-order valence-corrected chi connectivity index (χ1v) is 7.45. The van der Waals surface area contributed by atoms with Crippen LogP contribution >= 0.6 is 0 Å². The van der Waals surface area contributed by atoms with E-state index in [2.05, 4.69) is 5.16 Å². The van der Waals surface area contributed by atoms with Gasteiger partial charge in [0.2, 0.25) is 0 Å². The largest absolute Gasteiger partial charge is 0.393 e. The van der Waals surface area contributed by atoms with Gasteiger partial charge in [0, 0.05) is 12.7 Å². The quantitative estimate of drug-likeness (QED) is 0.609. The van der Waals surface area contributed by atoms with Gasteiger partial charge in [0.05, 0.1) is 18.8 Å². The van der Waals surface area contributed by atoms with Crippen molar-refractivity contribution in [1.82, 2.24) is 0 Å². The van der Waals surface area contributed by atoms with Crippen molar-refractivity contribution in [2.24, 2.45) is 5.16 Å². The van der Waals surface area contributed by atoms with Crippen molar-refractivity contribution in [3.8, 4) is 0 Å². The molecule has 0 fully saturated rings. The molecule has 0 aromatic heterocycles. The third kappa shape index (κ3) is 3.24. The second kappa shape index (κ2) is 7.07. The second-order valence-electron chi connectivity index (χ2n) is 5.16. The summed E-state index contributed by atoms with van der Waals surface area (Å²) in [4.78, 5) is 19.6. The van der Waals surface area contributed by atoms with E-state index in [-0.39, 0.29) is 5.91 Å². The van der Waals surface area contributed by atoms with E-state index in [1.807, 2.05) is 54.6 Å². The van der Waals surface area contributed by atoms with Gasteiger partial charge >= 0.3 is 0 Å². The SMILES string of the molecule is COCCO/N=C1/C(=O)N(Cc2ccccc2)c2ccccc21. The standard InChI is InChI=1S/C18H18N2O3/c1-22-11-12-23-19-17-15-9-5-6-10-16(15)20(18(17)21)13-14-7-3-2-4-8-14/h2-10H,11-13H2,1H3/b19-17+. The predicted octanol–water partition coefficient (Wildman–Crippen LogP) is 2.60. The summed E-state index contributed by atoms with van der Waals surface area (Å²) in [5.74, 6) is -0.146. The highest BCUT2D eigenvalue weighted by atomic mass is 16.6. The molecule has 0 spiro atoms. The van der Waals surface area contributed by atoms with E-state index >= 15 is 0 Å². The molecule has 23 heavy (non-hydrogen) atoms. The van der Waals surface area contributed by atoms with Gasteiger partial charge in [0.25, 0.3) is 5.91 Å². The molecule has 2 aromatic carbocycles. The van der Waals surface area contributed by atoms with E-state index in [1.165, 1.54) is 0 Å². The average molecular weight is 310 g/mol. The predicted molar refractivity (Wildman–Crippen MR) is 88.4 cm³/mol. The van der Waals surface area contributed by atoms with E-state index < -0.39 is 0 Å². The fraction of sp³-hybridized carbons (Fsp3) is 0.222. The monoisotopic (exact) mass is 310 g/mol. The topological polar surface area (TPSA) is 51.1 Å². The smallest absolute Gasteiger partial charge is 0.281 e. The van der Waals surface area contributed by atoms with Crippen LogP contribution in [0.25, 0.3) is 0 Å². The molecule has 3 rings (SSSR count). The fourth-order valence-electron chi connectivity index (χ4n) is 2.50. The number of methoxy groups -OCH3 is 1. The molecule has 1 amide bonds. The molecule has 0 radical (unpaired) electrons. The summed E-state index contributed by atoms with van der Waals surface area (Å²) in [5, 5.41) is 4.02. The van der Waals surface area contributed by atoms with E-state index in [0.717, 1.165) is 16.8 Å². The van der Waals surface area contributed by atoms with Crippen LogP contribution in [0, 0.1) is 0 Å². The molecule has 0 saturated carbocycles. The first-order chi connectivity index (χ1) is 11.3. The van der Waals surface area contributed by atoms with Crippen molar-refractivity contribution in [3.63, 3.8) is 0 Å². The van der Waals surface area contributed by atoms with Crippen LogP contribution in [-0.4, -0.2) is 31.9 Å². The second-order valence-corrected chi connectivity index (χ2v) is 5.16. The molecule has 0 atom stereocenters. The Labute approximate surface area is 135 Å². The van der Waals surface area contributed by atoms with Crippen LogP contribution < -0.4 is 4.90 Å². The van der Waals surface area contributed by atoms with Gasteiger partial charge in [0.15, 0.2) is 5.71 Å². The number of hydrogen-bond donors (Lipinski definition) is 0. The van der Waals surface area contributed by atoms with Gasteiger partial charge in [-0.3, -0.25) is 4.79 Å². The number of ether oxygens (including phenoxy) is 1.